The fourth-order valence-corrected chi connectivity index (χ4v) is 5.38. The van der Waals surface area contributed by atoms with Crippen LogP contribution in [0.5, 0.6) is 0 Å². The van der Waals surface area contributed by atoms with Gasteiger partial charge in [-0.15, -0.1) is 0 Å². The Balaban J connectivity index is 2.18. The highest BCUT2D eigenvalue weighted by Crippen LogP contribution is 2.32. The lowest BCUT2D eigenvalue weighted by molar-refractivity contribution is 0.276. The molecule has 0 aromatic rings. The molecule has 2 aliphatic rings. The van der Waals surface area contributed by atoms with Gasteiger partial charge in [0.15, 0.2) is 9.84 Å². The zero-order valence-corrected chi connectivity index (χ0v) is 10.4. The van der Waals surface area contributed by atoms with Crippen LogP contribution >= 0.6 is 0 Å². The molecule has 88 valence electrons. The van der Waals surface area contributed by atoms with E-state index in [1.807, 2.05) is 0 Å². The summed E-state index contributed by atoms with van der Waals surface area (Å²) in [5.74, 6) is 0.915. The third kappa shape index (κ3) is 2.21. The van der Waals surface area contributed by atoms with Crippen LogP contribution in [0, 0.1) is 5.92 Å². The Bertz CT molecular complexity index is 325. The molecule has 0 aromatic carbocycles. The van der Waals surface area contributed by atoms with E-state index in [1.54, 1.807) is 0 Å². The fourth-order valence-electron chi connectivity index (χ4n) is 2.91. The zero-order valence-electron chi connectivity index (χ0n) is 9.57. The number of nitrogens with one attached hydrogen (secondary N) is 1. The second-order valence-corrected chi connectivity index (χ2v) is 7.43. The van der Waals surface area contributed by atoms with Gasteiger partial charge in [-0.3, -0.25) is 0 Å². The van der Waals surface area contributed by atoms with Gasteiger partial charge in [-0.2, -0.15) is 0 Å². The molecule has 1 aliphatic carbocycles. The van der Waals surface area contributed by atoms with Crippen LogP contribution in [0.25, 0.3) is 0 Å². The molecule has 1 heterocycles. The zero-order chi connectivity index (χ0) is 11.1. The summed E-state index contributed by atoms with van der Waals surface area (Å²) < 4.78 is 24.2. The SMILES string of the molecule is CCC1CS(=O)(=O)C2CC(C)CCC2N1. The van der Waals surface area contributed by atoms with Crippen molar-refractivity contribution in [3.8, 4) is 0 Å². The van der Waals surface area contributed by atoms with Crippen LogP contribution in [0.15, 0.2) is 0 Å². The molecule has 4 unspecified atom stereocenters. The number of hydrogen-bond donors (Lipinski definition) is 1. The molecule has 1 N–H and O–H groups in total. The van der Waals surface area contributed by atoms with E-state index in [-0.39, 0.29) is 17.3 Å². The predicted molar refractivity (Wildman–Crippen MR) is 61.6 cm³/mol. The average Bonchev–Trinajstić information content (AvgIpc) is 2.18. The first-order valence-electron chi connectivity index (χ1n) is 6.00. The Kier molecular flexibility index (Phi) is 3.08. The first-order valence-corrected chi connectivity index (χ1v) is 7.72. The van der Waals surface area contributed by atoms with Crippen LogP contribution in [-0.2, 0) is 9.84 Å². The Morgan fingerprint density at radius 2 is 2.07 bits per heavy atom. The molecule has 4 heteroatoms. The van der Waals surface area contributed by atoms with Gasteiger partial charge in [-0.05, 0) is 31.6 Å². The first-order chi connectivity index (χ1) is 7.03. The van der Waals surface area contributed by atoms with E-state index in [1.165, 1.54) is 6.42 Å². The maximum atomic E-state index is 12.1. The Morgan fingerprint density at radius 1 is 1.33 bits per heavy atom. The van der Waals surface area contributed by atoms with E-state index < -0.39 is 9.84 Å². The predicted octanol–water partition coefficient (Wildman–Crippen LogP) is 1.34. The highest BCUT2D eigenvalue weighted by atomic mass is 32.2. The van der Waals surface area contributed by atoms with E-state index in [2.05, 4.69) is 19.2 Å². The van der Waals surface area contributed by atoms with E-state index in [0.717, 1.165) is 19.3 Å². The minimum absolute atomic E-state index is 0.107. The van der Waals surface area contributed by atoms with Gasteiger partial charge in [0.2, 0.25) is 0 Å². The van der Waals surface area contributed by atoms with Crippen molar-refractivity contribution in [2.24, 2.45) is 5.92 Å². The second-order valence-electron chi connectivity index (χ2n) is 5.16. The number of rotatable bonds is 1. The van der Waals surface area contributed by atoms with Gasteiger partial charge in [-0.25, -0.2) is 8.42 Å². The molecule has 0 bridgehead atoms. The Morgan fingerprint density at radius 3 is 2.73 bits per heavy atom. The number of hydrogen-bond acceptors (Lipinski definition) is 3. The summed E-state index contributed by atoms with van der Waals surface area (Å²) in [5.41, 5.74) is 0. The molecular formula is C11H21NO2S. The molecule has 1 aliphatic heterocycles. The summed E-state index contributed by atoms with van der Waals surface area (Å²) in [7, 11) is -2.84. The fraction of sp³-hybridized carbons (Fsp3) is 1.00. The number of sulfone groups is 1. The van der Waals surface area contributed by atoms with Gasteiger partial charge in [0, 0.05) is 12.1 Å². The molecule has 1 saturated carbocycles. The van der Waals surface area contributed by atoms with Crippen molar-refractivity contribution in [2.45, 2.75) is 56.9 Å². The third-order valence-corrected chi connectivity index (χ3v) is 6.20. The largest absolute Gasteiger partial charge is 0.309 e. The summed E-state index contributed by atoms with van der Waals surface area (Å²) in [5, 5.41) is 3.39. The summed E-state index contributed by atoms with van der Waals surface area (Å²) in [6.45, 7) is 4.22. The average molecular weight is 231 g/mol. The van der Waals surface area contributed by atoms with Crippen LogP contribution in [0.4, 0.5) is 0 Å². The summed E-state index contributed by atoms with van der Waals surface area (Å²) in [6.07, 6.45) is 3.97. The minimum atomic E-state index is -2.84. The normalized spacial score (nSPS) is 44.7. The Hall–Kier alpha value is -0.0900. The highest BCUT2D eigenvalue weighted by Gasteiger charge is 2.42. The summed E-state index contributed by atoms with van der Waals surface area (Å²) in [4.78, 5) is 0. The molecule has 15 heavy (non-hydrogen) atoms. The molecule has 1 saturated heterocycles. The topological polar surface area (TPSA) is 46.2 Å². The van der Waals surface area contributed by atoms with Gasteiger partial charge < -0.3 is 5.32 Å². The van der Waals surface area contributed by atoms with Gasteiger partial charge in [0.05, 0.1) is 11.0 Å². The van der Waals surface area contributed by atoms with E-state index in [9.17, 15) is 8.42 Å². The van der Waals surface area contributed by atoms with E-state index >= 15 is 0 Å². The maximum Gasteiger partial charge on any atom is 0.156 e. The van der Waals surface area contributed by atoms with Gasteiger partial charge in [0.1, 0.15) is 0 Å². The van der Waals surface area contributed by atoms with Crippen molar-refractivity contribution in [3.05, 3.63) is 0 Å². The van der Waals surface area contributed by atoms with Gasteiger partial charge >= 0.3 is 0 Å². The van der Waals surface area contributed by atoms with Crippen molar-refractivity contribution in [3.63, 3.8) is 0 Å². The molecule has 0 amide bonds. The van der Waals surface area contributed by atoms with Crippen molar-refractivity contribution < 1.29 is 8.42 Å². The molecular weight excluding hydrogens is 210 g/mol. The van der Waals surface area contributed by atoms with Crippen LogP contribution in [0.3, 0.4) is 0 Å². The minimum Gasteiger partial charge on any atom is -0.309 e. The monoisotopic (exact) mass is 231 g/mol. The lowest BCUT2D eigenvalue weighted by Gasteiger charge is -2.41. The lowest BCUT2D eigenvalue weighted by Crippen LogP contribution is -2.59. The first kappa shape index (κ1) is 11.4. The molecule has 4 atom stereocenters. The Labute approximate surface area is 92.6 Å². The van der Waals surface area contributed by atoms with Crippen molar-refractivity contribution in [2.75, 3.05) is 5.75 Å². The third-order valence-electron chi connectivity index (χ3n) is 3.89. The van der Waals surface area contributed by atoms with Crippen LogP contribution < -0.4 is 5.32 Å². The molecule has 0 spiro atoms. The summed E-state index contributed by atoms with van der Waals surface area (Å²) in [6, 6.07) is 0.412. The molecule has 2 fully saturated rings. The standard InChI is InChI=1S/C11H21NO2S/c1-3-9-7-15(13,14)11-6-8(2)4-5-10(11)12-9/h8-12H,3-7H2,1-2H3. The van der Waals surface area contributed by atoms with E-state index in [4.69, 9.17) is 0 Å². The lowest BCUT2D eigenvalue weighted by atomic mass is 9.86. The van der Waals surface area contributed by atoms with Crippen LogP contribution in [0.2, 0.25) is 0 Å². The quantitative estimate of drug-likeness (QED) is 0.741. The number of fused-ring (bicyclic) bond motifs is 1. The van der Waals surface area contributed by atoms with Crippen molar-refractivity contribution in [1.82, 2.24) is 5.32 Å². The highest BCUT2D eigenvalue weighted by molar-refractivity contribution is 7.92. The van der Waals surface area contributed by atoms with Gasteiger partial charge in [0.25, 0.3) is 0 Å². The molecule has 0 radical (unpaired) electrons. The molecule has 3 nitrogen and oxygen atoms in total. The summed E-state index contributed by atoms with van der Waals surface area (Å²) >= 11 is 0. The van der Waals surface area contributed by atoms with Crippen LogP contribution in [-0.4, -0.2) is 31.5 Å². The second kappa shape index (κ2) is 4.06. The van der Waals surface area contributed by atoms with Crippen LogP contribution in [0.1, 0.15) is 39.5 Å². The smallest absolute Gasteiger partial charge is 0.156 e. The van der Waals surface area contributed by atoms with Gasteiger partial charge in [-0.1, -0.05) is 13.8 Å². The maximum absolute atomic E-state index is 12.1. The van der Waals surface area contributed by atoms with Crippen molar-refractivity contribution >= 4 is 9.84 Å². The van der Waals surface area contributed by atoms with E-state index in [0.29, 0.717) is 11.7 Å². The molecule has 2 rings (SSSR count). The van der Waals surface area contributed by atoms with Crippen molar-refractivity contribution in [1.29, 1.82) is 0 Å². The molecule has 0 aromatic heterocycles.